The predicted molar refractivity (Wildman–Crippen MR) is 90.4 cm³/mol. The van der Waals surface area contributed by atoms with E-state index in [0.717, 1.165) is 18.4 Å². The maximum absolute atomic E-state index is 11.0. The van der Waals surface area contributed by atoms with Crippen molar-refractivity contribution in [1.29, 1.82) is 0 Å². The van der Waals surface area contributed by atoms with E-state index in [-0.39, 0.29) is 12.0 Å². The molecule has 0 aromatic heterocycles. The second kappa shape index (κ2) is 9.54. The van der Waals surface area contributed by atoms with Crippen molar-refractivity contribution >= 4 is 35.1 Å². The van der Waals surface area contributed by atoms with Crippen LogP contribution in [0.3, 0.4) is 0 Å². The van der Waals surface area contributed by atoms with Crippen molar-refractivity contribution in [2.45, 2.75) is 32.2 Å². The zero-order valence-electron chi connectivity index (χ0n) is 12.7. The number of carbonyl (C=O) groups is 1. The molecule has 1 unspecified atom stereocenters. The number of nitrogens with two attached hydrogens (primary N) is 1. The number of carbonyl (C=O) groups excluding carboxylic acids is 1. The zero-order valence-corrected chi connectivity index (χ0v) is 14.2. The van der Waals surface area contributed by atoms with Gasteiger partial charge in [0.1, 0.15) is 0 Å². The van der Waals surface area contributed by atoms with Crippen LogP contribution in [-0.2, 0) is 9.53 Å². The van der Waals surface area contributed by atoms with Gasteiger partial charge in [0.25, 0.3) is 0 Å². The Morgan fingerprint density at radius 1 is 1.41 bits per heavy atom. The van der Waals surface area contributed by atoms with Crippen molar-refractivity contribution in [3.8, 4) is 0 Å². The highest BCUT2D eigenvalue weighted by Crippen LogP contribution is 2.25. The van der Waals surface area contributed by atoms with Crippen LogP contribution in [0.5, 0.6) is 0 Å². The highest BCUT2D eigenvalue weighted by Gasteiger charge is 2.10. The van der Waals surface area contributed by atoms with Crippen LogP contribution in [0.15, 0.2) is 23.2 Å². The molecular formula is C15H21Cl2N3O2. The van der Waals surface area contributed by atoms with E-state index in [2.05, 4.69) is 15.0 Å². The third-order valence-corrected chi connectivity index (χ3v) is 3.65. The summed E-state index contributed by atoms with van der Waals surface area (Å²) < 4.78 is 4.57. The highest BCUT2D eigenvalue weighted by molar-refractivity contribution is 6.35. The fourth-order valence-electron chi connectivity index (χ4n) is 1.88. The number of benzene rings is 1. The van der Waals surface area contributed by atoms with Crippen molar-refractivity contribution in [3.63, 3.8) is 0 Å². The lowest BCUT2D eigenvalue weighted by Gasteiger charge is -2.16. The topological polar surface area (TPSA) is 76.7 Å². The number of ether oxygens (including phenoxy) is 1. The molecule has 0 aliphatic heterocycles. The van der Waals surface area contributed by atoms with Gasteiger partial charge in [-0.1, -0.05) is 29.3 Å². The first-order valence-corrected chi connectivity index (χ1v) is 7.78. The number of halogens is 2. The first-order valence-electron chi connectivity index (χ1n) is 7.02. The maximum atomic E-state index is 11.0. The van der Waals surface area contributed by atoms with Crippen molar-refractivity contribution < 1.29 is 9.53 Å². The summed E-state index contributed by atoms with van der Waals surface area (Å²) >= 11 is 12.0. The number of unbranched alkanes of at least 4 members (excludes halogenated alkanes) is 1. The van der Waals surface area contributed by atoms with Crippen LogP contribution < -0.4 is 11.1 Å². The van der Waals surface area contributed by atoms with Crippen LogP contribution in [0.25, 0.3) is 0 Å². The summed E-state index contributed by atoms with van der Waals surface area (Å²) in [6.45, 7) is 2.49. The number of guanidine groups is 1. The molecule has 0 saturated heterocycles. The number of nitrogens with one attached hydrogen (secondary N) is 1. The van der Waals surface area contributed by atoms with Gasteiger partial charge >= 0.3 is 5.97 Å². The molecule has 0 heterocycles. The smallest absolute Gasteiger partial charge is 0.305 e. The molecule has 0 amide bonds. The largest absolute Gasteiger partial charge is 0.469 e. The number of rotatable bonds is 7. The van der Waals surface area contributed by atoms with E-state index < -0.39 is 0 Å². The van der Waals surface area contributed by atoms with Crippen molar-refractivity contribution in [2.75, 3.05) is 13.7 Å². The molecule has 5 nitrogen and oxygen atoms in total. The summed E-state index contributed by atoms with van der Waals surface area (Å²) in [6.07, 6.45) is 1.89. The van der Waals surface area contributed by atoms with Gasteiger partial charge in [-0.05, 0) is 37.5 Å². The van der Waals surface area contributed by atoms with Crippen LogP contribution >= 0.6 is 23.2 Å². The standard InChI is InChI=1S/C15H21Cl2N3O2/c1-10(12-7-6-11(16)9-13(12)17)20-15(18)19-8-4-3-5-14(21)22-2/h6-7,9-10H,3-5,8H2,1-2H3,(H3,18,19,20). The monoisotopic (exact) mass is 345 g/mol. The zero-order chi connectivity index (χ0) is 16.5. The second-order valence-electron chi connectivity index (χ2n) is 4.83. The molecular weight excluding hydrogens is 325 g/mol. The van der Waals surface area contributed by atoms with E-state index in [1.54, 1.807) is 12.1 Å². The fraction of sp³-hybridized carbons (Fsp3) is 0.467. The molecule has 22 heavy (non-hydrogen) atoms. The van der Waals surface area contributed by atoms with E-state index in [9.17, 15) is 4.79 Å². The Kier molecular flexibility index (Phi) is 8.06. The van der Waals surface area contributed by atoms with Crippen LogP contribution in [0.1, 0.15) is 37.8 Å². The number of nitrogens with zero attached hydrogens (tertiary/aromatic N) is 1. The number of hydrogen-bond donors (Lipinski definition) is 2. The van der Waals surface area contributed by atoms with Crippen molar-refractivity contribution in [2.24, 2.45) is 10.7 Å². The van der Waals surface area contributed by atoms with Gasteiger partial charge in [-0.3, -0.25) is 9.79 Å². The lowest BCUT2D eigenvalue weighted by atomic mass is 10.1. The lowest BCUT2D eigenvalue weighted by molar-refractivity contribution is -0.140. The van der Waals surface area contributed by atoms with E-state index in [1.807, 2.05) is 13.0 Å². The maximum Gasteiger partial charge on any atom is 0.305 e. The Balaban J connectivity index is 2.41. The molecule has 1 rings (SSSR count). The Morgan fingerprint density at radius 2 is 2.14 bits per heavy atom. The van der Waals surface area contributed by atoms with Crippen LogP contribution in [0.4, 0.5) is 0 Å². The predicted octanol–water partition coefficient (Wildman–Crippen LogP) is 3.30. The molecule has 122 valence electrons. The first kappa shape index (κ1) is 18.6. The Morgan fingerprint density at radius 3 is 2.77 bits per heavy atom. The van der Waals surface area contributed by atoms with Gasteiger partial charge in [0, 0.05) is 23.0 Å². The summed E-state index contributed by atoms with van der Waals surface area (Å²) in [5, 5.41) is 4.25. The van der Waals surface area contributed by atoms with E-state index in [4.69, 9.17) is 28.9 Å². The summed E-state index contributed by atoms with van der Waals surface area (Å²) in [5.74, 6) is 0.137. The van der Waals surface area contributed by atoms with Crippen LogP contribution in [-0.4, -0.2) is 25.6 Å². The van der Waals surface area contributed by atoms with Crippen LogP contribution in [0, 0.1) is 0 Å². The number of methoxy groups -OCH3 is 1. The van der Waals surface area contributed by atoms with Gasteiger partial charge in [-0.15, -0.1) is 0 Å². The molecule has 1 aromatic rings. The molecule has 0 saturated carbocycles. The molecule has 0 aliphatic carbocycles. The third-order valence-electron chi connectivity index (χ3n) is 3.09. The number of esters is 1. The summed E-state index contributed by atoms with van der Waals surface area (Å²) in [7, 11) is 1.38. The number of aliphatic imine (C=N–C) groups is 1. The molecule has 1 aromatic carbocycles. The molecule has 0 fully saturated rings. The number of hydrogen-bond acceptors (Lipinski definition) is 3. The lowest BCUT2D eigenvalue weighted by Crippen LogP contribution is -2.34. The third kappa shape index (κ3) is 6.54. The van der Waals surface area contributed by atoms with Gasteiger partial charge < -0.3 is 15.8 Å². The molecule has 7 heteroatoms. The van der Waals surface area contributed by atoms with Gasteiger partial charge in [-0.25, -0.2) is 0 Å². The Hall–Kier alpha value is -1.46. The summed E-state index contributed by atoms with van der Waals surface area (Å²) in [4.78, 5) is 15.2. The van der Waals surface area contributed by atoms with Gasteiger partial charge in [0.2, 0.25) is 0 Å². The first-order chi connectivity index (χ1) is 10.4. The Labute approximate surface area is 140 Å². The summed E-state index contributed by atoms with van der Waals surface area (Å²) in [5.41, 5.74) is 6.74. The minimum Gasteiger partial charge on any atom is -0.469 e. The normalized spacial score (nSPS) is 12.8. The van der Waals surface area contributed by atoms with Crippen molar-refractivity contribution in [1.82, 2.24) is 5.32 Å². The molecule has 0 bridgehead atoms. The van der Waals surface area contributed by atoms with Gasteiger partial charge in [0.15, 0.2) is 5.96 Å². The highest BCUT2D eigenvalue weighted by atomic mass is 35.5. The van der Waals surface area contributed by atoms with Crippen molar-refractivity contribution in [3.05, 3.63) is 33.8 Å². The van der Waals surface area contributed by atoms with Gasteiger partial charge in [-0.2, -0.15) is 0 Å². The van der Waals surface area contributed by atoms with E-state index in [0.29, 0.717) is 29.0 Å². The Bertz CT molecular complexity index is 536. The molecule has 0 spiro atoms. The van der Waals surface area contributed by atoms with Crippen LogP contribution in [0.2, 0.25) is 10.0 Å². The average molecular weight is 346 g/mol. The quantitative estimate of drug-likeness (QED) is 0.344. The summed E-state index contributed by atoms with van der Waals surface area (Å²) in [6, 6.07) is 5.24. The average Bonchev–Trinajstić information content (AvgIpc) is 2.46. The van der Waals surface area contributed by atoms with Gasteiger partial charge in [0.05, 0.1) is 13.2 Å². The minimum absolute atomic E-state index is 0.0800. The molecule has 0 aliphatic rings. The van der Waals surface area contributed by atoms with E-state index in [1.165, 1.54) is 7.11 Å². The van der Waals surface area contributed by atoms with E-state index >= 15 is 0 Å². The molecule has 0 radical (unpaired) electrons. The second-order valence-corrected chi connectivity index (χ2v) is 5.68. The minimum atomic E-state index is -0.207. The SMILES string of the molecule is COC(=O)CCCCN=C(N)NC(C)c1ccc(Cl)cc1Cl. The fourth-order valence-corrected chi connectivity index (χ4v) is 2.45. The molecule has 1 atom stereocenters. The molecule has 3 N–H and O–H groups in total.